The van der Waals surface area contributed by atoms with E-state index >= 15 is 0 Å². The van der Waals surface area contributed by atoms with Gasteiger partial charge in [-0.25, -0.2) is 0 Å². The van der Waals surface area contributed by atoms with Crippen LogP contribution in [0.2, 0.25) is 0 Å². The van der Waals surface area contributed by atoms with Crippen molar-refractivity contribution in [2.45, 2.75) is 149 Å². The minimum atomic E-state index is 1.13. The van der Waals surface area contributed by atoms with Crippen molar-refractivity contribution in [2.24, 2.45) is 0 Å². The molecule has 0 unspecified atom stereocenters. The van der Waals surface area contributed by atoms with E-state index in [0.29, 0.717) is 0 Å². The maximum Gasteiger partial charge on any atom is 0.0233 e. The van der Waals surface area contributed by atoms with E-state index in [2.05, 4.69) is 49.1 Å². The summed E-state index contributed by atoms with van der Waals surface area (Å²) < 4.78 is 0. The molecule has 0 saturated carbocycles. The molecule has 0 fully saturated rings. The predicted molar refractivity (Wildman–Crippen MR) is 145 cm³/mol. The molecule has 0 aliphatic rings. The third kappa shape index (κ3) is 18.7. The van der Waals surface area contributed by atoms with Gasteiger partial charge in [-0.15, -0.1) is 0 Å². The lowest BCUT2D eigenvalue weighted by atomic mass is 10.1. The molecule has 186 valence electrons. The second-order valence-electron chi connectivity index (χ2n) is 10.1. The molecule has 32 heavy (non-hydrogen) atoms. The first kappa shape index (κ1) is 29.2. The van der Waals surface area contributed by atoms with Crippen LogP contribution in [0.4, 0.5) is 0 Å². The normalized spacial score (nSPS) is 11.5. The van der Waals surface area contributed by atoms with E-state index in [1.54, 1.807) is 0 Å². The Balaban J connectivity index is 2.11. The summed E-state index contributed by atoms with van der Waals surface area (Å²) in [7, 11) is 0. The zero-order chi connectivity index (χ0) is 23.0. The number of hydrogen-bond donors (Lipinski definition) is 0. The highest BCUT2D eigenvalue weighted by molar-refractivity contribution is 5.14. The third-order valence-electron chi connectivity index (χ3n) is 6.90. The Morgan fingerprint density at radius 1 is 0.438 bits per heavy atom. The van der Waals surface area contributed by atoms with Gasteiger partial charge in [0.05, 0.1) is 0 Å². The fourth-order valence-electron chi connectivity index (χ4n) is 4.76. The summed E-state index contributed by atoms with van der Waals surface area (Å²) in [6.07, 6.45) is 28.6. The smallest absolute Gasteiger partial charge is 0.0233 e. The SMILES string of the molecule is CCCCCCCCCCCCN(CCCCCCCCCCCC)Cc1ccccc1. The Labute approximate surface area is 202 Å². The quantitative estimate of drug-likeness (QED) is 0.144. The molecule has 0 N–H and O–H groups in total. The lowest BCUT2D eigenvalue weighted by molar-refractivity contribution is 0.252. The average molecular weight is 444 g/mol. The standard InChI is InChI=1S/C31H57N/c1-3-5-7-9-11-13-15-17-19-24-28-32(30-31-26-22-21-23-27-31)29-25-20-18-16-14-12-10-8-6-4-2/h21-23,26-27H,3-20,24-25,28-30H2,1-2H3. The Morgan fingerprint density at radius 3 is 1.16 bits per heavy atom. The fourth-order valence-corrected chi connectivity index (χ4v) is 4.76. The highest BCUT2D eigenvalue weighted by atomic mass is 15.1. The van der Waals surface area contributed by atoms with E-state index in [1.165, 1.54) is 147 Å². The van der Waals surface area contributed by atoms with Crippen LogP contribution < -0.4 is 0 Å². The van der Waals surface area contributed by atoms with Crippen LogP contribution in [-0.4, -0.2) is 18.0 Å². The lowest BCUT2D eigenvalue weighted by Crippen LogP contribution is -2.25. The Bertz CT molecular complexity index is 445. The molecule has 1 aromatic carbocycles. The molecule has 0 amide bonds. The van der Waals surface area contributed by atoms with Crippen LogP contribution in [0.15, 0.2) is 30.3 Å². The van der Waals surface area contributed by atoms with Crippen molar-refractivity contribution in [2.75, 3.05) is 13.1 Å². The molecular weight excluding hydrogens is 386 g/mol. The zero-order valence-corrected chi connectivity index (χ0v) is 22.1. The van der Waals surface area contributed by atoms with Crippen LogP contribution >= 0.6 is 0 Å². The van der Waals surface area contributed by atoms with E-state index in [0.717, 1.165) is 6.54 Å². The summed E-state index contributed by atoms with van der Waals surface area (Å²) in [5.74, 6) is 0. The first-order valence-corrected chi connectivity index (χ1v) is 14.6. The summed E-state index contributed by atoms with van der Waals surface area (Å²) >= 11 is 0. The van der Waals surface area contributed by atoms with Crippen molar-refractivity contribution >= 4 is 0 Å². The summed E-state index contributed by atoms with van der Waals surface area (Å²) in [5.41, 5.74) is 1.48. The van der Waals surface area contributed by atoms with E-state index in [1.807, 2.05) is 0 Å². The Hall–Kier alpha value is -0.820. The second-order valence-corrected chi connectivity index (χ2v) is 10.1. The molecule has 0 aliphatic carbocycles. The fraction of sp³-hybridized carbons (Fsp3) is 0.806. The van der Waals surface area contributed by atoms with Crippen LogP contribution in [0.5, 0.6) is 0 Å². The molecule has 1 aromatic rings. The largest absolute Gasteiger partial charge is 0.299 e. The molecule has 0 heterocycles. The number of rotatable bonds is 24. The van der Waals surface area contributed by atoms with Crippen molar-refractivity contribution in [1.82, 2.24) is 4.90 Å². The van der Waals surface area contributed by atoms with Crippen molar-refractivity contribution in [1.29, 1.82) is 0 Å². The summed E-state index contributed by atoms with van der Waals surface area (Å²) in [5, 5.41) is 0. The third-order valence-corrected chi connectivity index (χ3v) is 6.90. The van der Waals surface area contributed by atoms with Crippen LogP contribution in [-0.2, 0) is 6.54 Å². The van der Waals surface area contributed by atoms with Crippen molar-refractivity contribution in [3.05, 3.63) is 35.9 Å². The number of unbranched alkanes of at least 4 members (excludes halogenated alkanes) is 18. The van der Waals surface area contributed by atoms with Crippen molar-refractivity contribution in [3.8, 4) is 0 Å². The lowest BCUT2D eigenvalue weighted by Gasteiger charge is -2.22. The summed E-state index contributed by atoms with van der Waals surface area (Å²) in [6.45, 7) is 8.30. The van der Waals surface area contributed by atoms with Gasteiger partial charge in [-0.3, -0.25) is 4.90 Å². The maximum absolute atomic E-state index is 2.73. The molecule has 0 spiro atoms. The molecule has 0 aliphatic heterocycles. The zero-order valence-electron chi connectivity index (χ0n) is 22.1. The first-order chi connectivity index (χ1) is 15.9. The molecule has 0 atom stereocenters. The molecule has 0 aromatic heterocycles. The number of nitrogens with zero attached hydrogens (tertiary/aromatic N) is 1. The van der Waals surface area contributed by atoms with Gasteiger partial charge in [0.15, 0.2) is 0 Å². The molecular formula is C31H57N. The van der Waals surface area contributed by atoms with E-state index in [4.69, 9.17) is 0 Å². The van der Waals surface area contributed by atoms with Gasteiger partial charge in [0.1, 0.15) is 0 Å². The van der Waals surface area contributed by atoms with Gasteiger partial charge in [0, 0.05) is 6.54 Å². The highest BCUT2D eigenvalue weighted by Crippen LogP contribution is 2.14. The van der Waals surface area contributed by atoms with Crippen LogP contribution in [0.3, 0.4) is 0 Å². The Kier molecular flexibility index (Phi) is 21.3. The minimum Gasteiger partial charge on any atom is -0.299 e. The van der Waals surface area contributed by atoms with Crippen molar-refractivity contribution < 1.29 is 0 Å². The van der Waals surface area contributed by atoms with Crippen LogP contribution in [0, 0.1) is 0 Å². The van der Waals surface area contributed by atoms with E-state index in [9.17, 15) is 0 Å². The predicted octanol–water partition coefficient (Wildman–Crippen LogP) is 10.3. The highest BCUT2D eigenvalue weighted by Gasteiger charge is 2.06. The minimum absolute atomic E-state index is 1.13. The monoisotopic (exact) mass is 443 g/mol. The first-order valence-electron chi connectivity index (χ1n) is 14.6. The van der Waals surface area contributed by atoms with Gasteiger partial charge in [0.2, 0.25) is 0 Å². The van der Waals surface area contributed by atoms with Gasteiger partial charge >= 0.3 is 0 Å². The van der Waals surface area contributed by atoms with Crippen LogP contribution in [0.1, 0.15) is 148 Å². The topological polar surface area (TPSA) is 3.24 Å². The van der Waals surface area contributed by atoms with Gasteiger partial charge in [-0.05, 0) is 31.5 Å². The number of hydrogen-bond acceptors (Lipinski definition) is 1. The summed E-state index contributed by atoms with van der Waals surface area (Å²) in [6, 6.07) is 11.1. The molecule has 0 radical (unpaired) electrons. The van der Waals surface area contributed by atoms with Gasteiger partial charge in [0.25, 0.3) is 0 Å². The van der Waals surface area contributed by atoms with E-state index in [-0.39, 0.29) is 0 Å². The molecule has 1 rings (SSSR count). The average Bonchev–Trinajstić information content (AvgIpc) is 2.82. The second kappa shape index (κ2) is 23.3. The van der Waals surface area contributed by atoms with Gasteiger partial charge in [-0.2, -0.15) is 0 Å². The van der Waals surface area contributed by atoms with Crippen molar-refractivity contribution in [3.63, 3.8) is 0 Å². The molecule has 1 heteroatoms. The molecule has 0 bridgehead atoms. The Morgan fingerprint density at radius 2 is 0.781 bits per heavy atom. The van der Waals surface area contributed by atoms with Gasteiger partial charge < -0.3 is 0 Å². The number of benzene rings is 1. The maximum atomic E-state index is 2.73. The molecule has 0 saturated heterocycles. The van der Waals surface area contributed by atoms with Gasteiger partial charge in [-0.1, -0.05) is 160 Å². The van der Waals surface area contributed by atoms with Crippen LogP contribution in [0.25, 0.3) is 0 Å². The van der Waals surface area contributed by atoms with E-state index < -0.39 is 0 Å². The summed E-state index contributed by atoms with van der Waals surface area (Å²) in [4.78, 5) is 2.73. The molecule has 1 nitrogen and oxygen atoms in total.